The van der Waals surface area contributed by atoms with Crippen molar-refractivity contribution in [3.8, 4) is 11.5 Å². The highest BCUT2D eigenvalue weighted by molar-refractivity contribution is 9.10. The quantitative estimate of drug-likeness (QED) is 0.876. The number of hydrogen-bond donors (Lipinski definition) is 2. The molecule has 1 aliphatic heterocycles. The minimum absolute atomic E-state index is 0.0477. The van der Waals surface area contributed by atoms with Crippen molar-refractivity contribution in [3.63, 3.8) is 0 Å². The SMILES string of the molecule is CC(CN)C(=O)NCc1cc(Br)c2c(c1)OCCO2. The van der Waals surface area contributed by atoms with Crippen molar-refractivity contribution in [1.29, 1.82) is 0 Å². The Labute approximate surface area is 120 Å². The normalized spacial score (nSPS) is 14.9. The standard InChI is InChI=1S/C13H17BrN2O3/c1-8(6-15)13(17)16-7-9-4-10(14)12-11(5-9)18-2-3-19-12/h4-5,8H,2-3,6-7,15H2,1H3,(H,16,17). The molecular weight excluding hydrogens is 312 g/mol. The van der Waals surface area contributed by atoms with Gasteiger partial charge in [0, 0.05) is 19.0 Å². The Morgan fingerprint density at radius 2 is 2.21 bits per heavy atom. The maximum atomic E-state index is 11.7. The fraction of sp³-hybridized carbons (Fsp3) is 0.462. The van der Waals surface area contributed by atoms with Crippen LogP contribution in [0.25, 0.3) is 0 Å². The molecule has 1 aliphatic rings. The predicted molar refractivity (Wildman–Crippen MR) is 75.2 cm³/mol. The second-order valence-corrected chi connectivity index (χ2v) is 5.31. The molecule has 3 N–H and O–H groups in total. The first kappa shape index (κ1) is 14.1. The third kappa shape index (κ3) is 3.39. The molecule has 19 heavy (non-hydrogen) atoms. The average Bonchev–Trinajstić information content (AvgIpc) is 2.44. The van der Waals surface area contributed by atoms with E-state index >= 15 is 0 Å². The van der Waals surface area contributed by atoms with Crippen LogP contribution < -0.4 is 20.5 Å². The molecule has 1 aromatic rings. The molecule has 0 bridgehead atoms. The molecule has 0 saturated carbocycles. The lowest BCUT2D eigenvalue weighted by molar-refractivity contribution is -0.124. The summed E-state index contributed by atoms with van der Waals surface area (Å²) in [4.78, 5) is 11.7. The van der Waals surface area contributed by atoms with Crippen LogP contribution in [0.15, 0.2) is 16.6 Å². The Hall–Kier alpha value is -1.27. The van der Waals surface area contributed by atoms with E-state index in [-0.39, 0.29) is 11.8 Å². The molecule has 0 aliphatic carbocycles. The van der Waals surface area contributed by atoms with Crippen molar-refractivity contribution in [3.05, 3.63) is 22.2 Å². The maximum absolute atomic E-state index is 11.7. The molecule has 5 nitrogen and oxygen atoms in total. The van der Waals surface area contributed by atoms with Crippen LogP contribution in [0.5, 0.6) is 11.5 Å². The lowest BCUT2D eigenvalue weighted by Crippen LogP contribution is -2.32. The van der Waals surface area contributed by atoms with E-state index < -0.39 is 0 Å². The molecule has 0 radical (unpaired) electrons. The minimum atomic E-state index is -0.180. The first-order valence-corrected chi connectivity index (χ1v) is 6.97. The second-order valence-electron chi connectivity index (χ2n) is 4.46. The van der Waals surface area contributed by atoms with Crippen molar-refractivity contribution in [2.24, 2.45) is 11.7 Å². The summed E-state index contributed by atoms with van der Waals surface area (Å²) >= 11 is 3.44. The van der Waals surface area contributed by atoms with E-state index in [0.29, 0.717) is 32.1 Å². The number of nitrogens with one attached hydrogen (secondary N) is 1. The van der Waals surface area contributed by atoms with Crippen LogP contribution in [-0.4, -0.2) is 25.7 Å². The Bertz CT molecular complexity index is 479. The van der Waals surface area contributed by atoms with Gasteiger partial charge in [-0.1, -0.05) is 6.92 Å². The molecule has 1 aromatic carbocycles. The Kier molecular flexibility index (Phi) is 4.66. The number of amides is 1. The highest BCUT2D eigenvalue weighted by atomic mass is 79.9. The monoisotopic (exact) mass is 328 g/mol. The summed E-state index contributed by atoms with van der Waals surface area (Å²) in [7, 11) is 0. The second kappa shape index (κ2) is 6.25. The van der Waals surface area contributed by atoms with E-state index in [9.17, 15) is 4.79 Å². The van der Waals surface area contributed by atoms with Gasteiger partial charge in [0.05, 0.1) is 4.47 Å². The summed E-state index contributed by atoms with van der Waals surface area (Å²) < 4.78 is 11.9. The zero-order chi connectivity index (χ0) is 13.8. The molecule has 1 atom stereocenters. The summed E-state index contributed by atoms with van der Waals surface area (Å²) in [6.45, 7) is 3.68. The molecule has 104 valence electrons. The number of carbonyl (C=O) groups excluding carboxylic acids is 1. The molecule has 0 spiro atoms. The van der Waals surface area contributed by atoms with Gasteiger partial charge >= 0.3 is 0 Å². The van der Waals surface area contributed by atoms with E-state index in [4.69, 9.17) is 15.2 Å². The van der Waals surface area contributed by atoms with Crippen LogP contribution in [0.4, 0.5) is 0 Å². The zero-order valence-corrected chi connectivity index (χ0v) is 12.3. The molecule has 0 aromatic heterocycles. The van der Waals surface area contributed by atoms with Gasteiger partial charge in [-0.25, -0.2) is 0 Å². The highest BCUT2D eigenvalue weighted by Crippen LogP contribution is 2.38. The van der Waals surface area contributed by atoms with Gasteiger partial charge in [-0.15, -0.1) is 0 Å². The first-order valence-electron chi connectivity index (χ1n) is 6.17. The van der Waals surface area contributed by atoms with E-state index in [1.54, 1.807) is 6.92 Å². The van der Waals surface area contributed by atoms with Gasteiger partial charge in [0.25, 0.3) is 0 Å². The lowest BCUT2D eigenvalue weighted by Gasteiger charge is -2.20. The van der Waals surface area contributed by atoms with E-state index in [1.807, 2.05) is 12.1 Å². The van der Waals surface area contributed by atoms with Crippen LogP contribution in [0.3, 0.4) is 0 Å². The molecule has 6 heteroatoms. The summed E-state index contributed by atoms with van der Waals surface area (Å²) in [6.07, 6.45) is 0. The molecule has 0 saturated heterocycles. The van der Waals surface area contributed by atoms with Crippen molar-refractivity contribution >= 4 is 21.8 Å². The Morgan fingerprint density at radius 3 is 2.95 bits per heavy atom. The number of carbonyl (C=O) groups is 1. The number of hydrogen-bond acceptors (Lipinski definition) is 4. The van der Waals surface area contributed by atoms with Crippen LogP contribution >= 0.6 is 15.9 Å². The van der Waals surface area contributed by atoms with Gasteiger partial charge < -0.3 is 20.5 Å². The molecule has 0 fully saturated rings. The summed E-state index contributed by atoms with van der Waals surface area (Å²) in [6, 6.07) is 3.80. The van der Waals surface area contributed by atoms with Gasteiger partial charge in [0.2, 0.25) is 5.91 Å². The number of rotatable bonds is 4. The van der Waals surface area contributed by atoms with Crippen molar-refractivity contribution in [2.45, 2.75) is 13.5 Å². The average molecular weight is 329 g/mol. The smallest absolute Gasteiger partial charge is 0.224 e. The third-order valence-corrected chi connectivity index (χ3v) is 3.51. The highest BCUT2D eigenvalue weighted by Gasteiger charge is 2.17. The largest absolute Gasteiger partial charge is 0.486 e. The van der Waals surface area contributed by atoms with Crippen molar-refractivity contribution in [2.75, 3.05) is 19.8 Å². The molecular formula is C13H17BrN2O3. The fourth-order valence-corrected chi connectivity index (χ4v) is 2.34. The van der Waals surface area contributed by atoms with Gasteiger partial charge in [-0.2, -0.15) is 0 Å². The predicted octanol–water partition coefficient (Wildman–Crippen LogP) is 1.43. The van der Waals surface area contributed by atoms with Gasteiger partial charge in [-0.05, 0) is 33.6 Å². The van der Waals surface area contributed by atoms with Crippen LogP contribution in [0.1, 0.15) is 12.5 Å². The fourth-order valence-electron chi connectivity index (χ4n) is 1.74. The van der Waals surface area contributed by atoms with Crippen molar-refractivity contribution in [1.82, 2.24) is 5.32 Å². The summed E-state index contributed by atoms with van der Waals surface area (Å²) in [5.41, 5.74) is 6.40. The number of benzene rings is 1. The van der Waals surface area contributed by atoms with E-state index in [0.717, 1.165) is 15.8 Å². The number of halogens is 1. The van der Waals surface area contributed by atoms with Gasteiger partial charge in [0.1, 0.15) is 13.2 Å². The van der Waals surface area contributed by atoms with E-state index in [2.05, 4.69) is 21.2 Å². The van der Waals surface area contributed by atoms with Crippen molar-refractivity contribution < 1.29 is 14.3 Å². The molecule has 2 rings (SSSR count). The number of fused-ring (bicyclic) bond motifs is 1. The van der Waals surface area contributed by atoms with Crippen LogP contribution in [-0.2, 0) is 11.3 Å². The molecule has 1 unspecified atom stereocenters. The first-order chi connectivity index (χ1) is 9.11. The summed E-state index contributed by atoms with van der Waals surface area (Å²) in [5.74, 6) is 1.20. The summed E-state index contributed by atoms with van der Waals surface area (Å²) in [5, 5.41) is 2.85. The number of ether oxygens (including phenoxy) is 2. The molecule has 1 amide bonds. The Morgan fingerprint density at radius 1 is 1.47 bits per heavy atom. The topological polar surface area (TPSA) is 73.6 Å². The van der Waals surface area contributed by atoms with E-state index in [1.165, 1.54) is 0 Å². The van der Waals surface area contributed by atoms with Crippen LogP contribution in [0.2, 0.25) is 0 Å². The molecule has 1 heterocycles. The van der Waals surface area contributed by atoms with Gasteiger partial charge in [-0.3, -0.25) is 4.79 Å². The Balaban J connectivity index is 2.05. The number of nitrogens with two attached hydrogens (primary N) is 1. The zero-order valence-electron chi connectivity index (χ0n) is 10.7. The lowest BCUT2D eigenvalue weighted by atomic mass is 10.1. The minimum Gasteiger partial charge on any atom is -0.486 e. The van der Waals surface area contributed by atoms with Crippen LogP contribution in [0, 0.1) is 5.92 Å². The maximum Gasteiger partial charge on any atom is 0.224 e. The van der Waals surface area contributed by atoms with Gasteiger partial charge in [0.15, 0.2) is 11.5 Å². The third-order valence-electron chi connectivity index (χ3n) is 2.92.